The van der Waals surface area contributed by atoms with Gasteiger partial charge in [0.1, 0.15) is 17.9 Å². The third-order valence-corrected chi connectivity index (χ3v) is 7.73. The molecule has 1 saturated carbocycles. The summed E-state index contributed by atoms with van der Waals surface area (Å²) in [6.45, 7) is 4.77. The molecule has 0 atom stereocenters. The van der Waals surface area contributed by atoms with Crippen molar-refractivity contribution in [2.75, 3.05) is 11.9 Å². The number of nitrogens with zero attached hydrogens (tertiary/aromatic N) is 1. The van der Waals surface area contributed by atoms with Gasteiger partial charge in [-0.25, -0.2) is 8.42 Å². The minimum atomic E-state index is -4.11. The number of esters is 1. The van der Waals surface area contributed by atoms with Crippen LogP contribution in [0.1, 0.15) is 63.2 Å². The molecule has 1 amide bonds. The number of hydrogen-bond donors (Lipinski definition) is 2. The average Bonchev–Trinajstić information content (AvgIpc) is 2.79. The van der Waals surface area contributed by atoms with Crippen LogP contribution in [0.4, 0.5) is 5.69 Å². The standard InChI is InChI=1S/C25H31ClN2O6S/c1-25(2,3)34-23(30)16-28(19-9-5-4-6-10-19)35(32,33)20-11-7-8-17(14-20)24(31)27-21-15-18(26)12-13-22(21)29/h7-8,11-15,19,29H,4-6,9-10,16H2,1-3H3,(H,27,31). The molecule has 0 spiro atoms. The van der Waals surface area contributed by atoms with Crippen LogP contribution in [0.2, 0.25) is 5.02 Å². The van der Waals surface area contributed by atoms with E-state index in [1.807, 2.05) is 0 Å². The molecule has 1 aliphatic rings. The smallest absolute Gasteiger partial charge is 0.321 e. The molecule has 2 aromatic rings. The molecule has 8 nitrogen and oxygen atoms in total. The lowest BCUT2D eigenvalue weighted by molar-refractivity contribution is -0.155. The molecule has 2 aromatic carbocycles. The number of carbonyl (C=O) groups is 2. The number of hydrogen-bond acceptors (Lipinski definition) is 6. The Hall–Kier alpha value is -2.62. The predicted molar refractivity (Wildman–Crippen MR) is 134 cm³/mol. The van der Waals surface area contributed by atoms with E-state index < -0.39 is 34.0 Å². The zero-order chi connectivity index (χ0) is 25.8. The van der Waals surface area contributed by atoms with Gasteiger partial charge in [0.05, 0.1) is 10.6 Å². The zero-order valence-electron chi connectivity index (χ0n) is 20.1. The molecular weight excluding hydrogens is 492 g/mol. The number of sulfonamides is 1. The highest BCUT2D eigenvalue weighted by atomic mass is 35.5. The lowest BCUT2D eigenvalue weighted by Gasteiger charge is -2.33. The summed E-state index contributed by atoms with van der Waals surface area (Å²) in [5.74, 6) is -1.42. The number of anilines is 1. The molecule has 1 aliphatic carbocycles. The van der Waals surface area contributed by atoms with Gasteiger partial charge >= 0.3 is 5.97 Å². The van der Waals surface area contributed by atoms with Crippen LogP contribution in [0.5, 0.6) is 5.75 Å². The van der Waals surface area contributed by atoms with Crippen LogP contribution >= 0.6 is 11.6 Å². The van der Waals surface area contributed by atoms with Gasteiger partial charge in [-0.2, -0.15) is 4.31 Å². The van der Waals surface area contributed by atoms with Crippen LogP contribution in [0, 0.1) is 0 Å². The van der Waals surface area contributed by atoms with Crippen molar-refractivity contribution in [2.24, 2.45) is 0 Å². The van der Waals surface area contributed by atoms with Crippen molar-refractivity contribution in [3.63, 3.8) is 0 Å². The summed E-state index contributed by atoms with van der Waals surface area (Å²) in [4.78, 5) is 25.3. The number of nitrogens with one attached hydrogen (secondary N) is 1. The second kappa shape index (κ2) is 11.0. The molecule has 0 radical (unpaired) electrons. The third-order valence-electron chi connectivity index (χ3n) is 5.60. The van der Waals surface area contributed by atoms with E-state index in [4.69, 9.17) is 16.3 Å². The molecule has 0 heterocycles. The predicted octanol–water partition coefficient (Wildman–Crippen LogP) is 4.96. The van der Waals surface area contributed by atoms with Gasteiger partial charge in [-0.3, -0.25) is 9.59 Å². The maximum absolute atomic E-state index is 13.7. The van der Waals surface area contributed by atoms with Gasteiger partial charge in [0.15, 0.2) is 0 Å². The molecule has 0 aromatic heterocycles. The van der Waals surface area contributed by atoms with Crippen molar-refractivity contribution in [3.8, 4) is 5.75 Å². The van der Waals surface area contributed by atoms with E-state index >= 15 is 0 Å². The van der Waals surface area contributed by atoms with E-state index in [2.05, 4.69) is 5.32 Å². The summed E-state index contributed by atoms with van der Waals surface area (Å²) in [5.41, 5.74) is -0.570. The number of aromatic hydroxyl groups is 1. The topological polar surface area (TPSA) is 113 Å². The summed E-state index contributed by atoms with van der Waals surface area (Å²) in [6, 6.07) is 9.47. The van der Waals surface area contributed by atoms with Gasteiger partial charge < -0.3 is 15.2 Å². The average molecular weight is 523 g/mol. The molecular formula is C25H31ClN2O6S. The Kier molecular flexibility index (Phi) is 8.46. The first-order valence-corrected chi connectivity index (χ1v) is 13.3. The van der Waals surface area contributed by atoms with Gasteiger partial charge in [-0.1, -0.05) is 36.9 Å². The van der Waals surface area contributed by atoms with Crippen LogP contribution in [0.15, 0.2) is 47.4 Å². The number of benzene rings is 2. The molecule has 3 rings (SSSR count). The number of rotatable bonds is 7. The van der Waals surface area contributed by atoms with Crippen molar-refractivity contribution in [1.29, 1.82) is 0 Å². The second-order valence-corrected chi connectivity index (χ2v) is 11.9. The van der Waals surface area contributed by atoms with Gasteiger partial charge in [-0.05, 0) is 70.0 Å². The molecule has 0 unspecified atom stereocenters. The van der Waals surface area contributed by atoms with Crippen LogP contribution in [-0.4, -0.2) is 47.9 Å². The highest BCUT2D eigenvalue weighted by Gasteiger charge is 2.35. The van der Waals surface area contributed by atoms with Crippen molar-refractivity contribution in [3.05, 3.63) is 53.1 Å². The van der Waals surface area contributed by atoms with E-state index in [1.54, 1.807) is 20.8 Å². The van der Waals surface area contributed by atoms with Gasteiger partial charge in [0, 0.05) is 16.6 Å². The fourth-order valence-electron chi connectivity index (χ4n) is 4.02. The normalized spacial score (nSPS) is 15.1. The van der Waals surface area contributed by atoms with E-state index in [0.29, 0.717) is 17.9 Å². The van der Waals surface area contributed by atoms with E-state index in [-0.39, 0.29) is 27.9 Å². The van der Waals surface area contributed by atoms with E-state index in [0.717, 1.165) is 19.3 Å². The Morgan fingerprint density at radius 1 is 1.11 bits per heavy atom. The van der Waals surface area contributed by atoms with Crippen molar-refractivity contribution in [1.82, 2.24) is 4.31 Å². The Balaban J connectivity index is 1.89. The summed E-state index contributed by atoms with van der Waals surface area (Å²) in [5, 5.41) is 12.8. The summed E-state index contributed by atoms with van der Waals surface area (Å²) in [6.07, 6.45) is 4.06. The molecule has 2 N–H and O–H groups in total. The van der Waals surface area contributed by atoms with Gasteiger partial charge in [-0.15, -0.1) is 0 Å². The molecule has 10 heteroatoms. The molecule has 0 saturated heterocycles. The van der Waals surface area contributed by atoms with Crippen molar-refractivity contribution in [2.45, 2.75) is 69.4 Å². The quantitative estimate of drug-likeness (QED) is 0.392. The number of phenolic OH excluding ortho intramolecular Hbond substituents is 1. The number of halogens is 1. The summed E-state index contributed by atoms with van der Waals surface area (Å²) >= 11 is 5.94. The lowest BCUT2D eigenvalue weighted by atomic mass is 9.95. The minimum Gasteiger partial charge on any atom is -0.506 e. The SMILES string of the molecule is CC(C)(C)OC(=O)CN(C1CCCCC1)S(=O)(=O)c1cccc(C(=O)Nc2cc(Cl)ccc2O)c1. The third kappa shape index (κ3) is 7.19. The molecule has 1 fully saturated rings. The number of carbonyl (C=O) groups excluding carboxylic acids is 2. The molecule has 0 bridgehead atoms. The first kappa shape index (κ1) is 27.0. The Labute approximate surface area is 211 Å². The van der Waals surface area contributed by atoms with Crippen LogP contribution in [-0.2, 0) is 19.6 Å². The maximum atomic E-state index is 13.7. The highest BCUT2D eigenvalue weighted by molar-refractivity contribution is 7.89. The number of ether oxygens (including phenoxy) is 1. The van der Waals surface area contributed by atoms with E-state index in [1.165, 1.54) is 46.8 Å². The maximum Gasteiger partial charge on any atom is 0.321 e. The lowest BCUT2D eigenvalue weighted by Crippen LogP contribution is -2.45. The largest absolute Gasteiger partial charge is 0.506 e. The minimum absolute atomic E-state index is 0.0753. The van der Waals surface area contributed by atoms with E-state index in [9.17, 15) is 23.1 Å². The summed E-state index contributed by atoms with van der Waals surface area (Å²) in [7, 11) is -4.11. The van der Waals surface area contributed by atoms with Gasteiger partial charge in [0.25, 0.3) is 5.91 Å². The van der Waals surface area contributed by atoms with Crippen LogP contribution in [0.3, 0.4) is 0 Å². The van der Waals surface area contributed by atoms with Crippen LogP contribution < -0.4 is 5.32 Å². The number of phenols is 1. The van der Waals surface area contributed by atoms with Crippen molar-refractivity contribution < 1.29 is 27.9 Å². The molecule has 35 heavy (non-hydrogen) atoms. The first-order valence-electron chi connectivity index (χ1n) is 11.5. The van der Waals surface area contributed by atoms with Gasteiger partial charge in [0.2, 0.25) is 10.0 Å². The van der Waals surface area contributed by atoms with Crippen molar-refractivity contribution >= 4 is 39.2 Å². The number of amides is 1. The monoisotopic (exact) mass is 522 g/mol. The Morgan fingerprint density at radius 2 is 1.80 bits per heavy atom. The fourth-order valence-corrected chi connectivity index (χ4v) is 5.86. The second-order valence-electron chi connectivity index (χ2n) is 9.57. The fraction of sp³-hybridized carbons (Fsp3) is 0.440. The highest BCUT2D eigenvalue weighted by Crippen LogP contribution is 2.30. The first-order chi connectivity index (χ1) is 16.4. The van der Waals surface area contributed by atoms with Crippen LogP contribution in [0.25, 0.3) is 0 Å². The Bertz CT molecular complexity index is 1190. The molecule has 0 aliphatic heterocycles. The molecule has 190 valence electrons. The zero-order valence-corrected chi connectivity index (χ0v) is 21.7. The Morgan fingerprint density at radius 3 is 2.46 bits per heavy atom. The summed E-state index contributed by atoms with van der Waals surface area (Å²) < 4.78 is 34.0.